The maximum absolute atomic E-state index is 13.3. The van der Waals surface area contributed by atoms with Gasteiger partial charge in [-0.3, -0.25) is 0 Å². The summed E-state index contributed by atoms with van der Waals surface area (Å²) in [4.78, 5) is 0. The summed E-state index contributed by atoms with van der Waals surface area (Å²) in [6, 6.07) is 11.3. The van der Waals surface area contributed by atoms with E-state index in [0.717, 1.165) is 0 Å². The second-order valence-corrected chi connectivity index (χ2v) is 5.05. The Morgan fingerprint density at radius 1 is 1.35 bits per heavy atom. The highest BCUT2D eigenvalue weighted by Crippen LogP contribution is 2.37. The summed E-state index contributed by atoms with van der Waals surface area (Å²) in [6.45, 7) is 2.30. The number of rotatable bonds is 5. The summed E-state index contributed by atoms with van der Waals surface area (Å²) in [7, 11) is 1.51. The topological polar surface area (TPSA) is 42.2 Å². The molecule has 0 bridgehead atoms. The number of hydrogen-bond donors (Lipinski definition) is 0. The number of halogens is 2. The molecule has 0 spiro atoms. The number of nitrogens with zero attached hydrogens (tertiary/aromatic N) is 1. The van der Waals surface area contributed by atoms with Gasteiger partial charge >= 0.3 is 0 Å². The van der Waals surface area contributed by atoms with Gasteiger partial charge in [-0.25, -0.2) is 4.39 Å². The van der Waals surface area contributed by atoms with Crippen molar-refractivity contribution in [1.29, 1.82) is 5.26 Å². The molecule has 0 N–H and O–H groups in total. The number of methoxy groups -OCH3 is 1. The summed E-state index contributed by atoms with van der Waals surface area (Å²) in [5.74, 6) is 0.533. The van der Waals surface area contributed by atoms with Crippen LogP contribution in [-0.4, -0.2) is 13.7 Å². The minimum Gasteiger partial charge on any atom is -0.493 e. The number of allylic oxidation sites excluding steroid dienone is 1. The predicted molar refractivity (Wildman–Crippen MR) is 89.1 cm³/mol. The van der Waals surface area contributed by atoms with Crippen LogP contribution in [0.4, 0.5) is 4.39 Å². The molecule has 0 amide bonds. The third-order valence-electron chi connectivity index (χ3n) is 3.11. The fourth-order valence-corrected chi connectivity index (χ4v) is 2.38. The molecule has 0 fully saturated rings. The van der Waals surface area contributed by atoms with E-state index in [-0.39, 0.29) is 0 Å². The van der Waals surface area contributed by atoms with E-state index in [9.17, 15) is 9.65 Å². The van der Waals surface area contributed by atoms with Gasteiger partial charge in [0.15, 0.2) is 11.5 Å². The van der Waals surface area contributed by atoms with Crippen LogP contribution in [0.3, 0.4) is 0 Å². The molecule has 0 heterocycles. The first-order valence-corrected chi connectivity index (χ1v) is 7.35. The van der Waals surface area contributed by atoms with Gasteiger partial charge in [0.2, 0.25) is 0 Å². The summed E-state index contributed by atoms with van der Waals surface area (Å²) in [6.07, 6.45) is 1.62. The van der Waals surface area contributed by atoms with Gasteiger partial charge in [-0.05, 0) is 48.4 Å². The Hall–Kier alpha value is -2.51. The average molecular weight is 332 g/mol. The number of nitriles is 1. The third kappa shape index (κ3) is 4.02. The first kappa shape index (κ1) is 16.9. The Morgan fingerprint density at radius 2 is 2.13 bits per heavy atom. The minimum absolute atomic E-state index is 0.326. The third-order valence-corrected chi connectivity index (χ3v) is 3.39. The SMILES string of the molecule is CCOc1c(Cl)cc(/C=C(/C#N)c2cccc(F)c2)cc1OC. The second kappa shape index (κ2) is 7.66. The first-order chi connectivity index (χ1) is 11.1. The highest BCUT2D eigenvalue weighted by atomic mass is 35.5. The molecular formula is C18H15ClFNO2. The van der Waals surface area contributed by atoms with Crippen LogP contribution in [0.15, 0.2) is 36.4 Å². The molecule has 0 aromatic heterocycles. The Balaban J connectivity index is 2.49. The molecule has 0 aliphatic rings. The number of ether oxygens (including phenoxy) is 2. The zero-order valence-electron chi connectivity index (χ0n) is 12.8. The summed E-state index contributed by atoms with van der Waals surface area (Å²) in [5, 5.41) is 9.72. The molecule has 2 rings (SSSR count). The standard InChI is InChI=1S/C18H15ClFNO2/c1-3-23-18-16(19)8-12(9-17(18)22-2)7-14(11-21)13-5-4-6-15(20)10-13/h4-10H,3H2,1-2H3/b14-7-. The molecule has 2 aromatic carbocycles. The van der Waals surface area contributed by atoms with E-state index in [1.807, 2.05) is 6.92 Å². The molecule has 0 unspecified atom stereocenters. The van der Waals surface area contributed by atoms with Crippen LogP contribution in [0.25, 0.3) is 11.6 Å². The van der Waals surface area contributed by atoms with Gasteiger partial charge in [-0.1, -0.05) is 23.7 Å². The van der Waals surface area contributed by atoms with Gasteiger partial charge in [-0.2, -0.15) is 5.26 Å². The second-order valence-electron chi connectivity index (χ2n) is 4.65. The van der Waals surface area contributed by atoms with Crippen LogP contribution in [0.2, 0.25) is 5.02 Å². The Morgan fingerprint density at radius 3 is 2.74 bits per heavy atom. The quantitative estimate of drug-likeness (QED) is 0.575. The summed E-state index contributed by atoms with van der Waals surface area (Å²) in [5.41, 5.74) is 1.49. The smallest absolute Gasteiger partial charge is 0.179 e. The van der Waals surface area contributed by atoms with Crippen molar-refractivity contribution in [2.75, 3.05) is 13.7 Å². The lowest BCUT2D eigenvalue weighted by Crippen LogP contribution is -1.97. The van der Waals surface area contributed by atoms with E-state index in [2.05, 4.69) is 6.07 Å². The van der Waals surface area contributed by atoms with Crippen LogP contribution in [0.1, 0.15) is 18.1 Å². The fourth-order valence-electron chi connectivity index (χ4n) is 2.11. The molecule has 0 saturated carbocycles. The van der Waals surface area contributed by atoms with Crippen molar-refractivity contribution in [3.63, 3.8) is 0 Å². The molecule has 3 nitrogen and oxygen atoms in total. The highest BCUT2D eigenvalue weighted by molar-refractivity contribution is 6.32. The van der Waals surface area contributed by atoms with Gasteiger partial charge < -0.3 is 9.47 Å². The van der Waals surface area contributed by atoms with Gasteiger partial charge in [0.25, 0.3) is 0 Å². The number of hydrogen-bond acceptors (Lipinski definition) is 3. The Kier molecular flexibility index (Phi) is 5.61. The van der Waals surface area contributed by atoms with Gasteiger partial charge in [0.05, 0.1) is 30.4 Å². The van der Waals surface area contributed by atoms with E-state index in [4.69, 9.17) is 21.1 Å². The lowest BCUT2D eigenvalue weighted by molar-refractivity contribution is 0.311. The van der Waals surface area contributed by atoms with Crippen LogP contribution in [0.5, 0.6) is 11.5 Å². The van der Waals surface area contributed by atoms with Gasteiger partial charge in [0.1, 0.15) is 5.82 Å². The first-order valence-electron chi connectivity index (χ1n) is 6.97. The molecule has 0 saturated heterocycles. The van der Waals surface area contributed by atoms with Crippen LogP contribution >= 0.6 is 11.6 Å². The molecule has 2 aromatic rings. The molecule has 0 radical (unpaired) electrons. The van der Waals surface area contributed by atoms with Crippen LogP contribution < -0.4 is 9.47 Å². The van der Waals surface area contributed by atoms with E-state index in [1.165, 1.54) is 19.2 Å². The molecular weight excluding hydrogens is 317 g/mol. The lowest BCUT2D eigenvalue weighted by atomic mass is 10.0. The lowest BCUT2D eigenvalue weighted by Gasteiger charge is -2.12. The van der Waals surface area contributed by atoms with Crippen molar-refractivity contribution < 1.29 is 13.9 Å². The van der Waals surface area contributed by atoms with Gasteiger partial charge in [0, 0.05) is 0 Å². The van der Waals surface area contributed by atoms with E-state index >= 15 is 0 Å². The van der Waals surface area contributed by atoms with E-state index in [0.29, 0.717) is 39.8 Å². The van der Waals surface area contributed by atoms with E-state index in [1.54, 1.807) is 30.3 Å². The zero-order valence-corrected chi connectivity index (χ0v) is 13.5. The number of benzene rings is 2. The highest BCUT2D eigenvalue weighted by Gasteiger charge is 2.12. The minimum atomic E-state index is -0.397. The zero-order chi connectivity index (χ0) is 16.8. The van der Waals surface area contributed by atoms with Gasteiger partial charge in [-0.15, -0.1) is 0 Å². The van der Waals surface area contributed by atoms with Crippen molar-refractivity contribution >= 4 is 23.3 Å². The van der Waals surface area contributed by atoms with Crippen molar-refractivity contribution in [2.24, 2.45) is 0 Å². The Labute approximate surface area is 139 Å². The van der Waals surface area contributed by atoms with Crippen molar-refractivity contribution in [1.82, 2.24) is 0 Å². The molecule has 5 heteroatoms. The van der Waals surface area contributed by atoms with Crippen molar-refractivity contribution in [2.45, 2.75) is 6.92 Å². The molecule has 23 heavy (non-hydrogen) atoms. The molecule has 0 aliphatic carbocycles. The monoisotopic (exact) mass is 331 g/mol. The largest absolute Gasteiger partial charge is 0.493 e. The normalized spacial score (nSPS) is 11.0. The van der Waals surface area contributed by atoms with E-state index < -0.39 is 5.82 Å². The summed E-state index contributed by atoms with van der Waals surface area (Å²) >= 11 is 6.21. The molecule has 0 atom stereocenters. The summed E-state index contributed by atoms with van der Waals surface area (Å²) < 4.78 is 24.1. The Bertz CT molecular complexity index is 781. The molecule has 118 valence electrons. The van der Waals surface area contributed by atoms with Crippen molar-refractivity contribution in [3.05, 3.63) is 58.4 Å². The fraction of sp³-hybridized carbons (Fsp3) is 0.167. The van der Waals surface area contributed by atoms with Crippen LogP contribution in [-0.2, 0) is 0 Å². The van der Waals surface area contributed by atoms with Crippen molar-refractivity contribution in [3.8, 4) is 17.6 Å². The maximum Gasteiger partial charge on any atom is 0.179 e. The van der Waals surface area contributed by atoms with Crippen LogP contribution in [0, 0.1) is 17.1 Å². The average Bonchev–Trinajstić information content (AvgIpc) is 2.54. The predicted octanol–water partition coefficient (Wildman–Crippen LogP) is 4.95. The maximum atomic E-state index is 13.3. The molecule has 0 aliphatic heterocycles.